The number of carbonyl (C=O) groups excluding carboxylic acids is 2. The second kappa shape index (κ2) is 7.76. The number of carbonyl (C=O) groups is 2. The first-order valence-corrected chi connectivity index (χ1v) is 8.61. The SMILES string of the molecule is CCOC(=O)c1ccc(OC)c(C2CCCN2C(=O)OC(C)(C)C)c1. The minimum atomic E-state index is -0.554. The standard InChI is InChI=1S/C19H27NO5/c1-6-24-17(21)13-9-10-16(23-5)14(12-13)15-8-7-11-20(15)18(22)25-19(2,3)4/h9-10,12,15H,6-8,11H2,1-5H3. The van der Waals surface area contributed by atoms with Crippen LogP contribution in [0.3, 0.4) is 0 Å². The first-order valence-electron chi connectivity index (χ1n) is 8.61. The van der Waals surface area contributed by atoms with Crippen molar-refractivity contribution < 1.29 is 23.8 Å². The lowest BCUT2D eigenvalue weighted by Gasteiger charge is -2.29. The van der Waals surface area contributed by atoms with Crippen LogP contribution in [0, 0.1) is 0 Å². The Morgan fingerprint density at radius 1 is 1.28 bits per heavy atom. The summed E-state index contributed by atoms with van der Waals surface area (Å²) in [6, 6.07) is 4.99. The van der Waals surface area contributed by atoms with Gasteiger partial charge in [0.25, 0.3) is 0 Å². The lowest BCUT2D eigenvalue weighted by Crippen LogP contribution is -2.36. The molecular weight excluding hydrogens is 322 g/mol. The van der Waals surface area contributed by atoms with E-state index < -0.39 is 5.60 Å². The number of rotatable bonds is 4. The molecule has 0 bridgehead atoms. The Hall–Kier alpha value is -2.24. The molecule has 1 unspecified atom stereocenters. The predicted molar refractivity (Wildman–Crippen MR) is 93.9 cm³/mol. The molecule has 1 aromatic carbocycles. The zero-order valence-electron chi connectivity index (χ0n) is 15.6. The van der Waals surface area contributed by atoms with Crippen molar-refractivity contribution in [2.45, 2.75) is 52.2 Å². The second-order valence-corrected chi connectivity index (χ2v) is 7.01. The molecule has 1 aliphatic rings. The lowest BCUT2D eigenvalue weighted by atomic mass is 10.0. The van der Waals surface area contributed by atoms with E-state index in [1.165, 1.54) is 0 Å². The largest absolute Gasteiger partial charge is 0.496 e. The molecule has 0 aromatic heterocycles. The predicted octanol–water partition coefficient (Wildman–Crippen LogP) is 3.94. The minimum absolute atomic E-state index is 0.181. The molecule has 0 saturated carbocycles. The van der Waals surface area contributed by atoms with Gasteiger partial charge in [0.05, 0.1) is 25.3 Å². The van der Waals surface area contributed by atoms with E-state index in [4.69, 9.17) is 14.2 Å². The number of nitrogens with zero attached hydrogens (tertiary/aromatic N) is 1. The summed E-state index contributed by atoms with van der Waals surface area (Å²) in [7, 11) is 1.58. The van der Waals surface area contributed by atoms with Gasteiger partial charge in [0.1, 0.15) is 11.4 Å². The van der Waals surface area contributed by atoms with Gasteiger partial charge in [0.2, 0.25) is 0 Å². The van der Waals surface area contributed by atoms with Gasteiger partial charge in [0.15, 0.2) is 0 Å². The number of benzene rings is 1. The van der Waals surface area contributed by atoms with Gasteiger partial charge in [-0.2, -0.15) is 0 Å². The molecular formula is C19H27NO5. The highest BCUT2D eigenvalue weighted by Crippen LogP contribution is 2.38. The fourth-order valence-electron chi connectivity index (χ4n) is 2.97. The van der Waals surface area contributed by atoms with E-state index in [0.29, 0.717) is 24.5 Å². The fourth-order valence-corrected chi connectivity index (χ4v) is 2.97. The summed E-state index contributed by atoms with van der Waals surface area (Å²) >= 11 is 0. The van der Waals surface area contributed by atoms with Crippen molar-refractivity contribution in [2.24, 2.45) is 0 Å². The number of hydrogen-bond acceptors (Lipinski definition) is 5. The summed E-state index contributed by atoms with van der Waals surface area (Å²) in [6.07, 6.45) is 1.32. The number of methoxy groups -OCH3 is 1. The normalized spacial score (nSPS) is 17.3. The van der Waals surface area contributed by atoms with Gasteiger partial charge in [-0.1, -0.05) is 0 Å². The second-order valence-electron chi connectivity index (χ2n) is 7.01. The molecule has 25 heavy (non-hydrogen) atoms. The van der Waals surface area contributed by atoms with Crippen molar-refractivity contribution in [1.29, 1.82) is 0 Å². The Bertz CT molecular complexity index is 635. The molecule has 1 atom stereocenters. The van der Waals surface area contributed by atoms with E-state index in [9.17, 15) is 9.59 Å². The Morgan fingerprint density at radius 2 is 2.00 bits per heavy atom. The summed E-state index contributed by atoms with van der Waals surface area (Å²) < 4.78 is 16.0. The number of esters is 1. The summed E-state index contributed by atoms with van der Waals surface area (Å²) in [5.41, 5.74) is 0.700. The van der Waals surface area contributed by atoms with E-state index in [0.717, 1.165) is 18.4 Å². The smallest absolute Gasteiger partial charge is 0.410 e. The monoisotopic (exact) mass is 349 g/mol. The van der Waals surface area contributed by atoms with Crippen LogP contribution < -0.4 is 4.74 Å². The maximum atomic E-state index is 12.5. The third-order valence-electron chi connectivity index (χ3n) is 3.98. The highest BCUT2D eigenvalue weighted by molar-refractivity contribution is 5.90. The number of likely N-dealkylation sites (tertiary alicyclic amines) is 1. The zero-order valence-corrected chi connectivity index (χ0v) is 15.6. The van der Waals surface area contributed by atoms with E-state index in [2.05, 4.69) is 0 Å². The van der Waals surface area contributed by atoms with Gasteiger partial charge in [-0.25, -0.2) is 9.59 Å². The van der Waals surface area contributed by atoms with Crippen molar-refractivity contribution in [3.63, 3.8) is 0 Å². The van der Waals surface area contributed by atoms with Crippen LogP contribution in [-0.4, -0.2) is 42.8 Å². The highest BCUT2D eigenvalue weighted by atomic mass is 16.6. The third kappa shape index (κ3) is 4.65. The van der Waals surface area contributed by atoms with Crippen molar-refractivity contribution in [2.75, 3.05) is 20.3 Å². The van der Waals surface area contributed by atoms with Crippen LogP contribution in [-0.2, 0) is 9.47 Å². The Balaban J connectivity index is 2.32. The summed E-state index contributed by atoms with van der Waals surface area (Å²) in [4.78, 5) is 26.3. The first kappa shape index (κ1) is 19.1. The molecule has 1 amide bonds. The molecule has 2 rings (SSSR count). The number of amides is 1. The fraction of sp³-hybridized carbons (Fsp3) is 0.579. The maximum absolute atomic E-state index is 12.5. The molecule has 138 valence electrons. The maximum Gasteiger partial charge on any atom is 0.410 e. The van der Waals surface area contributed by atoms with Gasteiger partial charge in [-0.3, -0.25) is 0 Å². The van der Waals surface area contributed by atoms with E-state index in [-0.39, 0.29) is 18.1 Å². The Kier molecular flexibility index (Phi) is 5.93. The molecule has 6 nitrogen and oxygen atoms in total. The van der Waals surface area contributed by atoms with Gasteiger partial charge in [0, 0.05) is 12.1 Å². The molecule has 1 heterocycles. The molecule has 1 aliphatic heterocycles. The molecule has 0 N–H and O–H groups in total. The summed E-state index contributed by atoms with van der Waals surface area (Å²) in [5, 5.41) is 0. The molecule has 0 aliphatic carbocycles. The van der Waals surface area contributed by atoms with Crippen LogP contribution in [0.5, 0.6) is 5.75 Å². The molecule has 1 fully saturated rings. The van der Waals surface area contributed by atoms with Crippen LogP contribution in [0.4, 0.5) is 4.79 Å². The topological polar surface area (TPSA) is 65.1 Å². The van der Waals surface area contributed by atoms with Crippen molar-refractivity contribution in [1.82, 2.24) is 4.90 Å². The van der Waals surface area contributed by atoms with Crippen molar-refractivity contribution in [3.8, 4) is 5.75 Å². The lowest BCUT2D eigenvalue weighted by molar-refractivity contribution is 0.0223. The van der Waals surface area contributed by atoms with E-state index in [1.807, 2.05) is 20.8 Å². The van der Waals surface area contributed by atoms with Crippen LogP contribution in [0.1, 0.15) is 62.5 Å². The number of hydrogen-bond donors (Lipinski definition) is 0. The third-order valence-corrected chi connectivity index (χ3v) is 3.98. The minimum Gasteiger partial charge on any atom is -0.496 e. The Morgan fingerprint density at radius 3 is 2.60 bits per heavy atom. The number of ether oxygens (including phenoxy) is 3. The first-order chi connectivity index (χ1) is 11.8. The quantitative estimate of drug-likeness (QED) is 0.770. The van der Waals surface area contributed by atoms with E-state index in [1.54, 1.807) is 37.1 Å². The van der Waals surface area contributed by atoms with Gasteiger partial charge >= 0.3 is 12.1 Å². The zero-order chi connectivity index (χ0) is 18.6. The van der Waals surface area contributed by atoms with Gasteiger partial charge in [-0.05, 0) is 58.7 Å². The Labute approximate surface area is 149 Å². The average molecular weight is 349 g/mol. The summed E-state index contributed by atoms with van der Waals surface area (Å²) in [6.45, 7) is 8.23. The van der Waals surface area contributed by atoms with Crippen molar-refractivity contribution in [3.05, 3.63) is 29.3 Å². The molecule has 1 saturated heterocycles. The van der Waals surface area contributed by atoms with Gasteiger partial charge < -0.3 is 19.1 Å². The van der Waals surface area contributed by atoms with Crippen LogP contribution in [0.25, 0.3) is 0 Å². The molecule has 0 spiro atoms. The van der Waals surface area contributed by atoms with Gasteiger partial charge in [-0.15, -0.1) is 0 Å². The summed E-state index contributed by atoms with van der Waals surface area (Å²) in [5.74, 6) is 0.265. The molecule has 1 aromatic rings. The van der Waals surface area contributed by atoms with Crippen LogP contribution >= 0.6 is 0 Å². The van der Waals surface area contributed by atoms with Crippen molar-refractivity contribution >= 4 is 12.1 Å². The van der Waals surface area contributed by atoms with Crippen LogP contribution in [0.2, 0.25) is 0 Å². The van der Waals surface area contributed by atoms with E-state index >= 15 is 0 Å². The highest BCUT2D eigenvalue weighted by Gasteiger charge is 2.35. The molecule has 6 heteroatoms. The van der Waals surface area contributed by atoms with Crippen LogP contribution in [0.15, 0.2) is 18.2 Å². The molecule has 0 radical (unpaired) electrons. The average Bonchev–Trinajstić information content (AvgIpc) is 3.02.